The summed E-state index contributed by atoms with van der Waals surface area (Å²) in [7, 11) is 0. The summed E-state index contributed by atoms with van der Waals surface area (Å²) in [4.78, 5) is 0. The van der Waals surface area contributed by atoms with Gasteiger partial charge in [-0.1, -0.05) is 18.2 Å². The van der Waals surface area contributed by atoms with E-state index in [1.807, 2.05) is 32.0 Å². The van der Waals surface area contributed by atoms with Crippen molar-refractivity contribution < 1.29 is 20.4 Å². The highest BCUT2D eigenvalue weighted by Gasteiger charge is 2.22. The highest BCUT2D eigenvalue weighted by atomic mass is 16.3. The molecule has 0 bridgehead atoms. The van der Waals surface area contributed by atoms with Gasteiger partial charge < -0.3 is 20.4 Å². The molecule has 0 heterocycles. The average molecular weight is 336 g/mol. The maximum Gasteiger partial charge on any atom is 0.157 e. The van der Waals surface area contributed by atoms with Crippen LogP contribution in [0.1, 0.15) is 33.7 Å². The molecule has 0 aliphatic heterocycles. The molecule has 0 saturated heterocycles. The Balaban J connectivity index is 2.28. The van der Waals surface area contributed by atoms with Gasteiger partial charge in [-0.25, -0.2) is 0 Å². The smallest absolute Gasteiger partial charge is 0.157 e. The van der Waals surface area contributed by atoms with Gasteiger partial charge in [0, 0.05) is 5.92 Å². The van der Waals surface area contributed by atoms with E-state index in [-0.39, 0.29) is 28.9 Å². The van der Waals surface area contributed by atoms with Gasteiger partial charge >= 0.3 is 0 Å². The first-order chi connectivity index (χ1) is 11.9. The maximum absolute atomic E-state index is 10.00. The van der Waals surface area contributed by atoms with Crippen LogP contribution in [0.3, 0.4) is 0 Å². The number of aryl methyl sites for hydroxylation is 2. The van der Waals surface area contributed by atoms with Gasteiger partial charge in [-0.3, -0.25) is 0 Å². The predicted molar refractivity (Wildman–Crippen MR) is 96.4 cm³/mol. The van der Waals surface area contributed by atoms with Gasteiger partial charge in [0.05, 0.1) is 0 Å². The molecule has 3 aromatic rings. The lowest BCUT2D eigenvalue weighted by Crippen LogP contribution is -2.07. The lowest BCUT2D eigenvalue weighted by Gasteiger charge is -2.23. The van der Waals surface area contributed by atoms with E-state index < -0.39 is 0 Å². The molecule has 0 saturated carbocycles. The number of hydrogen-bond donors (Lipinski definition) is 4. The molecule has 0 amide bonds. The minimum absolute atomic E-state index is 0.157. The molecule has 4 nitrogen and oxygen atoms in total. The van der Waals surface area contributed by atoms with Gasteiger partial charge in [-0.2, -0.15) is 0 Å². The second kappa shape index (κ2) is 6.40. The largest absolute Gasteiger partial charge is 0.508 e. The summed E-state index contributed by atoms with van der Waals surface area (Å²) in [5.74, 6) is -0.301. The van der Waals surface area contributed by atoms with E-state index in [0.29, 0.717) is 0 Å². The minimum atomic E-state index is -0.265. The van der Waals surface area contributed by atoms with E-state index in [9.17, 15) is 20.4 Å². The molecule has 0 aliphatic carbocycles. The average Bonchev–Trinajstić information content (AvgIpc) is 2.57. The molecular weight excluding hydrogens is 316 g/mol. The third kappa shape index (κ3) is 3.24. The van der Waals surface area contributed by atoms with Crippen LogP contribution in [0.2, 0.25) is 0 Å². The van der Waals surface area contributed by atoms with Crippen molar-refractivity contribution >= 4 is 0 Å². The molecule has 3 rings (SSSR count). The van der Waals surface area contributed by atoms with Crippen LogP contribution >= 0.6 is 0 Å². The van der Waals surface area contributed by atoms with Gasteiger partial charge in [0.2, 0.25) is 0 Å². The number of phenolic OH excluding ortho intramolecular Hbond substituents is 4. The van der Waals surface area contributed by atoms with Gasteiger partial charge in [-0.05, 0) is 78.1 Å². The van der Waals surface area contributed by atoms with Crippen LogP contribution in [0.15, 0.2) is 54.6 Å². The van der Waals surface area contributed by atoms with Gasteiger partial charge in [-0.15, -0.1) is 0 Å². The maximum atomic E-state index is 10.00. The Bertz CT molecular complexity index is 914. The van der Waals surface area contributed by atoms with Crippen LogP contribution in [-0.2, 0) is 0 Å². The third-order valence-corrected chi connectivity index (χ3v) is 4.47. The summed E-state index contributed by atoms with van der Waals surface area (Å²) in [5.41, 5.74) is 4.41. The second-order valence-electron chi connectivity index (χ2n) is 6.26. The van der Waals surface area contributed by atoms with Crippen molar-refractivity contribution in [3.63, 3.8) is 0 Å². The molecule has 0 spiro atoms. The van der Waals surface area contributed by atoms with E-state index in [2.05, 4.69) is 0 Å². The lowest BCUT2D eigenvalue weighted by molar-refractivity contribution is 0.402. The fourth-order valence-corrected chi connectivity index (χ4v) is 3.14. The molecule has 4 heteroatoms. The Kier molecular flexibility index (Phi) is 4.28. The number of phenols is 4. The van der Waals surface area contributed by atoms with Crippen LogP contribution in [0.4, 0.5) is 0 Å². The number of hydrogen-bond acceptors (Lipinski definition) is 4. The first kappa shape index (κ1) is 16.7. The Morgan fingerprint density at radius 1 is 0.600 bits per heavy atom. The van der Waals surface area contributed by atoms with E-state index in [1.54, 1.807) is 30.3 Å². The summed E-state index contributed by atoms with van der Waals surface area (Å²) in [6.07, 6.45) is 0. The molecule has 1 unspecified atom stereocenters. The van der Waals surface area contributed by atoms with Gasteiger partial charge in [0.1, 0.15) is 11.5 Å². The van der Waals surface area contributed by atoms with Crippen molar-refractivity contribution in [2.45, 2.75) is 19.8 Å². The van der Waals surface area contributed by atoms with Crippen molar-refractivity contribution in [3.8, 4) is 23.0 Å². The number of benzene rings is 3. The summed E-state index contributed by atoms with van der Waals surface area (Å²) in [6, 6.07) is 15.1. The van der Waals surface area contributed by atoms with Crippen molar-refractivity contribution in [2.24, 2.45) is 0 Å². The lowest BCUT2D eigenvalue weighted by atomic mass is 9.81. The Morgan fingerprint density at radius 2 is 1.16 bits per heavy atom. The quantitative estimate of drug-likeness (QED) is 0.424. The molecule has 0 radical (unpaired) electrons. The normalized spacial score (nSPS) is 12.1. The highest BCUT2D eigenvalue weighted by molar-refractivity contribution is 5.55. The zero-order valence-corrected chi connectivity index (χ0v) is 14.1. The van der Waals surface area contributed by atoms with E-state index in [1.165, 1.54) is 6.07 Å². The summed E-state index contributed by atoms with van der Waals surface area (Å²) >= 11 is 0. The molecular formula is C21H20O4. The van der Waals surface area contributed by atoms with Crippen LogP contribution in [0.25, 0.3) is 0 Å². The molecule has 0 fully saturated rings. The zero-order chi connectivity index (χ0) is 18.1. The second-order valence-corrected chi connectivity index (χ2v) is 6.26. The minimum Gasteiger partial charge on any atom is -0.508 e. The standard InChI is InChI=1S/C21H20O4/c1-12-3-6-16(23)10-17(12)21(14-4-7-15(22)8-5-14)18-11-20(25)19(24)9-13(18)2/h3-11,21-25H,1-2H3. The van der Waals surface area contributed by atoms with Crippen molar-refractivity contribution in [2.75, 3.05) is 0 Å². The van der Waals surface area contributed by atoms with Crippen LogP contribution in [0.5, 0.6) is 23.0 Å². The zero-order valence-electron chi connectivity index (χ0n) is 14.1. The van der Waals surface area contributed by atoms with Gasteiger partial charge in [0.25, 0.3) is 0 Å². The molecule has 1 atom stereocenters. The predicted octanol–water partition coefficient (Wildman–Crippen LogP) is 4.31. The van der Waals surface area contributed by atoms with E-state index in [4.69, 9.17) is 0 Å². The molecule has 0 aliphatic rings. The fraction of sp³-hybridized carbons (Fsp3) is 0.143. The molecule has 3 aromatic carbocycles. The Hall–Kier alpha value is -3.14. The van der Waals surface area contributed by atoms with Crippen LogP contribution in [-0.4, -0.2) is 20.4 Å². The van der Waals surface area contributed by atoms with Crippen molar-refractivity contribution in [1.82, 2.24) is 0 Å². The first-order valence-electron chi connectivity index (χ1n) is 7.97. The van der Waals surface area contributed by atoms with Crippen LogP contribution in [0, 0.1) is 13.8 Å². The topological polar surface area (TPSA) is 80.9 Å². The Labute approximate surface area is 146 Å². The first-order valence-corrected chi connectivity index (χ1v) is 7.97. The monoisotopic (exact) mass is 336 g/mol. The number of aromatic hydroxyl groups is 4. The summed E-state index contributed by atoms with van der Waals surface area (Å²) < 4.78 is 0. The van der Waals surface area contributed by atoms with Gasteiger partial charge in [0.15, 0.2) is 11.5 Å². The SMILES string of the molecule is Cc1ccc(O)cc1C(c1ccc(O)cc1)c1cc(O)c(O)cc1C. The third-order valence-electron chi connectivity index (χ3n) is 4.47. The molecule has 0 aromatic heterocycles. The summed E-state index contributed by atoms with van der Waals surface area (Å²) in [5, 5.41) is 39.3. The summed E-state index contributed by atoms with van der Waals surface area (Å²) in [6.45, 7) is 3.82. The molecule has 128 valence electrons. The molecule has 4 N–H and O–H groups in total. The van der Waals surface area contributed by atoms with Crippen LogP contribution < -0.4 is 0 Å². The fourth-order valence-electron chi connectivity index (χ4n) is 3.14. The highest BCUT2D eigenvalue weighted by Crippen LogP contribution is 2.40. The molecule has 25 heavy (non-hydrogen) atoms. The Morgan fingerprint density at radius 3 is 1.84 bits per heavy atom. The number of rotatable bonds is 3. The van der Waals surface area contributed by atoms with E-state index >= 15 is 0 Å². The van der Waals surface area contributed by atoms with Crippen molar-refractivity contribution in [3.05, 3.63) is 82.4 Å². The van der Waals surface area contributed by atoms with Crippen molar-refractivity contribution in [1.29, 1.82) is 0 Å². The van der Waals surface area contributed by atoms with E-state index in [0.717, 1.165) is 27.8 Å².